The lowest BCUT2D eigenvalue weighted by molar-refractivity contribution is -0.130. The van der Waals surface area contributed by atoms with Gasteiger partial charge in [0, 0.05) is 31.4 Å². The first kappa shape index (κ1) is 21.8. The third-order valence-corrected chi connectivity index (χ3v) is 5.48. The molecule has 0 bridgehead atoms. The van der Waals surface area contributed by atoms with Gasteiger partial charge >= 0.3 is 0 Å². The van der Waals surface area contributed by atoms with E-state index >= 15 is 0 Å². The number of carbonyl (C=O) groups is 1. The predicted molar refractivity (Wildman–Crippen MR) is 119 cm³/mol. The Bertz CT molecular complexity index is 1050. The molecule has 3 aromatic rings. The van der Waals surface area contributed by atoms with Crippen molar-refractivity contribution in [3.63, 3.8) is 0 Å². The summed E-state index contributed by atoms with van der Waals surface area (Å²) >= 11 is 1.49. The molecule has 0 aliphatic carbocycles. The number of carbonyl (C=O) groups excluding carboxylic acids is 1. The molecule has 158 valence electrons. The molecule has 30 heavy (non-hydrogen) atoms. The Kier molecular flexibility index (Phi) is 7.10. The average molecular weight is 426 g/mol. The quantitative estimate of drug-likeness (QED) is 0.385. The fraction of sp³-hybridized carbons (Fsp3) is 0.364. The van der Waals surface area contributed by atoms with Crippen LogP contribution in [0.25, 0.3) is 5.78 Å². The minimum absolute atomic E-state index is 0.0873. The van der Waals surface area contributed by atoms with Gasteiger partial charge in [-0.1, -0.05) is 36.5 Å². The number of hydrogen-bond acceptors (Lipinski definition) is 6. The van der Waals surface area contributed by atoms with Crippen LogP contribution in [0.3, 0.4) is 0 Å². The Balaban J connectivity index is 1.62. The summed E-state index contributed by atoms with van der Waals surface area (Å²) in [6.45, 7) is 8.63. The van der Waals surface area contributed by atoms with Gasteiger partial charge in [-0.2, -0.15) is 4.98 Å². The molecule has 7 nitrogen and oxygen atoms in total. The van der Waals surface area contributed by atoms with E-state index in [0.29, 0.717) is 36.9 Å². The van der Waals surface area contributed by atoms with E-state index in [-0.39, 0.29) is 5.91 Å². The third-order valence-electron chi connectivity index (χ3n) is 4.94. The first-order chi connectivity index (χ1) is 14.4. The normalized spacial score (nSPS) is 10.9. The monoisotopic (exact) mass is 425 g/mol. The van der Waals surface area contributed by atoms with E-state index < -0.39 is 0 Å². The van der Waals surface area contributed by atoms with E-state index in [1.54, 1.807) is 15.5 Å². The van der Waals surface area contributed by atoms with E-state index in [9.17, 15) is 4.79 Å². The van der Waals surface area contributed by atoms with Gasteiger partial charge in [0.15, 0.2) is 0 Å². The summed E-state index contributed by atoms with van der Waals surface area (Å²) in [5.74, 6) is 1.48. The standard InChI is InChI=1S/C22H27N5O2S/c1-6-13-29-18-9-7-17(8-10-18)14-26(4)20(28)12-11-19-15(2)23-21-24-22(30-5)25-27(21)16(19)3/h6-10H,1,11-14H2,2-5H3. The fourth-order valence-electron chi connectivity index (χ4n) is 3.27. The molecule has 0 saturated heterocycles. The molecule has 0 N–H and O–H groups in total. The number of amides is 1. The Morgan fingerprint density at radius 1 is 1.27 bits per heavy atom. The maximum Gasteiger partial charge on any atom is 0.253 e. The highest BCUT2D eigenvalue weighted by Gasteiger charge is 2.16. The lowest BCUT2D eigenvalue weighted by Crippen LogP contribution is -2.26. The molecule has 0 atom stereocenters. The van der Waals surface area contributed by atoms with Gasteiger partial charge in [0.25, 0.3) is 5.78 Å². The fourth-order valence-corrected chi connectivity index (χ4v) is 3.61. The maximum absolute atomic E-state index is 12.7. The number of aromatic nitrogens is 4. The molecule has 3 rings (SSSR count). The van der Waals surface area contributed by atoms with Gasteiger partial charge in [0.1, 0.15) is 12.4 Å². The van der Waals surface area contributed by atoms with Gasteiger partial charge in [0.05, 0.1) is 0 Å². The summed E-state index contributed by atoms with van der Waals surface area (Å²) in [7, 11) is 1.83. The molecule has 0 aliphatic rings. The molecular formula is C22H27N5O2S. The number of aryl methyl sites for hydroxylation is 2. The zero-order valence-corrected chi connectivity index (χ0v) is 18.7. The lowest BCUT2D eigenvalue weighted by Gasteiger charge is -2.18. The number of ether oxygens (including phenoxy) is 1. The van der Waals surface area contributed by atoms with Crippen molar-refractivity contribution in [1.29, 1.82) is 0 Å². The zero-order valence-electron chi connectivity index (χ0n) is 17.9. The Hall–Kier alpha value is -2.87. The summed E-state index contributed by atoms with van der Waals surface area (Å²) < 4.78 is 7.26. The second kappa shape index (κ2) is 9.75. The maximum atomic E-state index is 12.7. The second-order valence-corrected chi connectivity index (χ2v) is 7.84. The summed E-state index contributed by atoms with van der Waals surface area (Å²) in [4.78, 5) is 23.4. The van der Waals surface area contributed by atoms with Crippen LogP contribution in [0.1, 0.15) is 28.9 Å². The predicted octanol–water partition coefficient (Wildman–Crippen LogP) is 3.62. The van der Waals surface area contributed by atoms with Crippen LogP contribution in [0.15, 0.2) is 42.1 Å². The van der Waals surface area contributed by atoms with Gasteiger partial charge < -0.3 is 9.64 Å². The molecule has 0 fully saturated rings. The molecular weight excluding hydrogens is 398 g/mol. The minimum Gasteiger partial charge on any atom is -0.490 e. The van der Waals surface area contributed by atoms with E-state index in [1.807, 2.05) is 51.4 Å². The van der Waals surface area contributed by atoms with Crippen LogP contribution in [-0.4, -0.2) is 50.3 Å². The van der Waals surface area contributed by atoms with Crippen LogP contribution in [0, 0.1) is 13.8 Å². The van der Waals surface area contributed by atoms with Crippen LogP contribution in [-0.2, 0) is 17.8 Å². The smallest absolute Gasteiger partial charge is 0.253 e. The van der Waals surface area contributed by atoms with Gasteiger partial charge in [0.2, 0.25) is 11.1 Å². The number of nitrogens with zero attached hydrogens (tertiary/aromatic N) is 5. The van der Waals surface area contributed by atoms with Crippen LogP contribution in [0.2, 0.25) is 0 Å². The summed E-state index contributed by atoms with van der Waals surface area (Å²) in [6.07, 6.45) is 4.68. The molecule has 0 unspecified atom stereocenters. The van der Waals surface area contributed by atoms with Crippen molar-refractivity contribution in [2.75, 3.05) is 19.9 Å². The van der Waals surface area contributed by atoms with Crippen LogP contribution >= 0.6 is 11.8 Å². The van der Waals surface area contributed by atoms with Crippen LogP contribution in [0.4, 0.5) is 0 Å². The van der Waals surface area contributed by atoms with Crippen LogP contribution < -0.4 is 4.74 Å². The Morgan fingerprint density at radius 3 is 2.67 bits per heavy atom. The van der Waals surface area contributed by atoms with E-state index in [4.69, 9.17) is 4.74 Å². The summed E-state index contributed by atoms with van der Waals surface area (Å²) in [6, 6.07) is 7.77. The Labute approximate surface area is 181 Å². The molecule has 8 heteroatoms. The highest BCUT2D eigenvalue weighted by molar-refractivity contribution is 7.98. The molecule has 0 radical (unpaired) electrons. The molecule has 2 heterocycles. The number of thioether (sulfide) groups is 1. The second-order valence-electron chi connectivity index (χ2n) is 7.06. The van der Waals surface area contributed by atoms with Crippen molar-refractivity contribution in [2.24, 2.45) is 0 Å². The summed E-state index contributed by atoms with van der Waals surface area (Å²) in [5.41, 5.74) is 3.98. The minimum atomic E-state index is 0.0873. The Morgan fingerprint density at radius 2 is 2.00 bits per heavy atom. The van der Waals surface area contributed by atoms with Crippen molar-refractivity contribution >= 4 is 23.4 Å². The van der Waals surface area contributed by atoms with Crippen molar-refractivity contribution < 1.29 is 9.53 Å². The third kappa shape index (κ3) is 4.99. The lowest BCUT2D eigenvalue weighted by atomic mass is 10.1. The first-order valence-corrected chi connectivity index (χ1v) is 11.0. The molecule has 2 aromatic heterocycles. The molecule has 0 saturated carbocycles. The van der Waals surface area contributed by atoms with Gasteiger partial charge in [-0.25, -0.2) is 9.50 Å². The molecule has 0 spiro atoms. The van der Waals surface area contributed by atoms with Gasteiger partial charge in [-0.3, -0.25) is 4.79 Å². The molecule has 1 aromatic carbocycles. The van der Waals surface area contributed by atoms with Crippen molar-refractivity contribution in [3.8, 4) is 5.75 Å². The number of benzene rings is 1. The van der Waals surface area contributed by atoms with Crippen molar-refractivity contribution in [2.45, 2.75) is 38.4 Å². The molecule has 1 amide bonds. The van der Waals surface area contributed by atoms with Gasteiger partial charge in [-0.05, 0) is 49.8 Å². The topological polar surface area (TPSA) is 72.6 Å². The summed E-state index contributed by atoms with van der Waals surface area (Å²) in [5, 5.41) is 5.16. The van der Waals surface area contributed by atoms with Crippen LogP contribution in [0.5, 0.6) is 5.75 Å². The molecule has 0 aliphatic heterocycles. The van der Waals surface area contributed by atoms with Crippen molar-refractivity contribution in [1.82, 2.24) is 24.5 Å². The highest BCUT2D eigenvalue weighted by Crippen LogP contribution is 2.19. The number of hydrogen-bond donors (Lipinski definition) is 0. The zero-order chi connectivity index (χ0) is 21.7. The average Bonchev–Trinajstić information content (AvgIpc) is 3.16. The number of fused-ring (bicyclic) bond motifs is 1. The number of rotatable bonds is 9. The SMILES string of the molecule is C=CCOc1ccc(CN(C)C(=O)CCc2c(C)nc3nc(SC)nn3c2C)cc1. The van der Waals surface area contributed by atoms with Crippen molar-refractivity contribution in [3.05, 3.63) is 59.4 Å². The van der Waals surface area contributed by atoms with Gasteiger partial charge in [-0.15, -0.1) is 5.10 Å². The van der Waals surface area contributed by atoms with E-state index in [0.717, 1.165) is 28.3 Å². The van der Waals surface area contributed by atoms with E-state index in [2.05, 4.69) is 21.6 Å². The largest absolute Gasteiger partial charge is 0.490 e. The van der Waals surface area contributed by atoms with E-state index in [1.165, 1.54) is 11.8 Å². The highest BCUT2D eigenvalue weighted by atomic mass is 32.2. The first-order valence-electron chi connectivity index (χ1n) is 9.76.